The van der Waals surface area contributed by atoms with Crippen LogP contribution >= 0.6 is 28.1 Å². The van der Waals surface area contributed by atoms with Crippen molar-refractivity contribution in [2.24, 2.45) is 0 Å². The number of esters is 1. The quantitative estimate of drug-likeness (QED) is 0.390. The van der Waals surface area contributed by atoms with Gasteiger partial charge in [0.25, 0.3) is 0 Å². The first-order valence-electron chi connectivity index (χ1n) is 8.52. The molecule has 1 aromatic rings. The Labute approximate surface area is 179 Å². The van der Waals surface area contributed by atoms with Crippen molar-refractivity contribution in [3.8, 4) is 23.8 Å². The number of hydrogen-bond acceptors (Lipinski definition) is 5. The second-order valence-electron chi connectivity index (χ2n) is 7.10. The number of halogens is 1. The lowest BCUT2D eigenvalue weighted by molar-refractivity contribution is -0.150. The number of rotatable bonds is 5. The summed E-state index contributed by atoms with van der Waals surface area (Å²) in [5, 5.41) is 6.54. The maximum absolute atomic E-state index is 12.9. The van der Waals surface area contributed by atoms with E-state index in [9.17, 15) is 4.79 Å². The predicted octanol–water partition coefficient (Wildman–Crippen LogP) is 3.60. The van der Waals surface area contributed by atoms with Crippen molar-refractivity contribution in [3.63, 3.8) is 0 Å². The van der Waals surface area contributed by atoms with Gasteiger partial charge in [0.2, 0.25) is 0 Å². The Balaban J connectivity index is 2.52. The molecule has 0 aromatic heterocycles. The number of allylic oxidation sites excluding steroid dienone is 1. The van der Waals surface area contributed by atoms with Crippen LogP contribution in [0.5, 0.6) is 11.5 Å². The Bertz CT molecular complexity index is 868. The van der Waals surface area contributed by atoms with Gasteiger partial charge in [0, 0.05) is 5.70 Å². The standard InChI is InChI=1S/C20H23BrN2O4S/c1-7-8-26-17-13(21)9-12(10-14(17)25-6)16-15(11(2)22-19(28)23-16)18(24)27-20(3,4)5/h1,9-10,16H,8H2,2-6H3,(H2,22,23,28)/t16-/m0/s1. The molecule has 0 bridgehead atoms. The lowest BCUT2D eigenvalue weighted by Gasteiger charge is -2.32. The Morgan fingerprint density at radius 1 is 1.39 bits per heavy atom. The van der Waals surface area contributed by atoms with E-state index in [4.69, 9.17) is 32.9 Å². The van der Waals surface area contributed by atoms with Crippen LogP contribution in [0.3, 0.4) is 0 Å². The topological polar surface area (TPSA) is 68.8 Å². The van der Waals surface area contributed by atoms with Gasteiger partial charge >= 0.3 is 5.97 Å². The van der Waals surface area contributed by atoms with Gasteiger partial charge in [-0.25, -0.2) is 4.79 Å². The number of terminal acetylenes is 1. The van der Waals surface area contributed by atoms with Crippen molar-refractivity contribution in [1.29, 1.82) is 0 Å². The van der Waals surface area contributed by atoms with E-state index in [0.29, 0.717) is 32.4 Å². The summed E-state index contributed by atoms with van der Waals surface area (Å²) in [5.41, 5.74) is 1.19. The lowest BCUT2D eigenvalue weighted by Crippen LogP contribution is -2.45. The second-order valence-corrected chi connectivity index (χ2v) is 8.36. The summed E-state index contributed by atoms with van der Waals surface area (Å²) in [6, 6.07) is 3.09. The molecule has 0 saturated carbocycles. The Morgan fingerprint density at radius 3 is 2.64 bits per heavy atom. The summed E-state index contributed by atoms with van der Waals surface area (Å²) in [6.07, 6.45) is 5.28. The SMILES string of the molecule is C#CCOc1c(Br)cc([C@@H]2NC(=S)NC(C)=C2C(=O)OC(C)(C)C)cc1OC. The number of thiocarbonyl (C=S) groups is 1. The molecule has 150 valence electrons. The van der Waals surface area contributed by atoms with Crippen LogP contribution in [0.15, 0.2) is 27.9 Å². The van der Waals surface area contributed by atoms with Crippen molar-refractivity contribution in [2.45, 2.75) is 39.3 Å². The van der Waals surface area contributed by atoms with Crippen LogP contribution in [0, 0.1) is 12.3 Å². The minimum Gasteiger partial charge on any atom is -0.493 e. The molecule has 1 heterocycles. The lowest BCUT2D eigenvalue weighted by atomic mass is 9.95. The molecule has 6 nitrogen and oxygen atoms in total. The number of nitrogens with one attached hydrogen (secondary N) is 2. The van der Waals surface area contributed by atoms with E-state index in [1.165, 1.54) is 7.11 Å². The van der Waals surface area contributed by atoms with E-state index in [1.807, 2.05) is 26.8 Å². The molecule has 0 spiro atoms. The number of benzene rings is 1. The number of hydrogen-bond donors (Lipinski definition) is 2. The fourth-order valence-corrected chi connectivity index (χ4v) is 3.55. The highest BCUT2D eigenvalue weighted by atomic mass is 79.9. The van der Waals surface area contributed by atoms with Gasteiger partial charge in [0.1, 0.15) is 12.2 Å². The molecule has 2 N–H and O–H groups in total. The number of methoxy groups -OCH3 is 1. The van der Waals surface area contributed by atoms with Crippen molar-refractivity contribution >= 4 is 39.2 Å². The van der Waals surface area contributed by atoms with Crippen molar-refractivity contribution in [2.75, 3.05) is 13.7 Å². The van der Waals surface area contributed by atoms with E-state index in [-0.39, 0.29) is 6.61 Å². The van der Waals surface area contributed by atoms with Gasteiger partial charge in [-0.05, 0) is 73.5 Å². The minimum absolute atomic E-state index is 0.103. The monoisotopic (exact) mass is 466 g/mol. The van der Waals surface area contributed by atoms with Crippen LogP contribution in [0.1, 0.15) is 39.3 Å². The van der Waals surface area contributed by atoms with Crippen molar-refractivity contribution in [3.05, 3.63) is 33.4 Å². The number of carbonyl (C=O) groups is 1. The maximum atomic E-state index is 12.9. The molecule has 0 saturated heterocycles. The smallest absolute Gasteiger partial charge is 0.338 e. The average Bonchev–Trinajstić information content (AvgIpc) is 2.57. The average molecular weight is 467 g/mol. The molecule has 0 radical (unpaired) electrons. The van der Waals surface area contributed by atoms with Crippen molar-refractivity contribution < 1.29 is 19.0 Å². The Hall–Kier alpha value is -2.24. The fourth-order valence-electron chi connectivity index (χ4n) is 2.71. The summed E-state index contributed by atoms with van der Waals surface area (Å²) in [4.78, 5) is 12.9. The van der Waals surface area contributed by atoms with Crippen molar-refractivity contribution in [1.82, 2.24) is 10.6 Å². The zero-order valence-corrected chi connectivity index (χ0v) is 18.8. The normalized spacial score (nSPS) is 16.6. The molecule has 0 fully saturated rings. The van der Waals surface area contributed by atoms with E-state index in [1.54, 1.807) is 13.0 Å². The third-order valence-electron chi connectivity index (χ3n) is 3.77. The van der Waals surface area contributed by atoms with Crippen LogP contribution in [0.4, 0.5) is 0 Å². The second kappa shape index (κ2) is 8.84. The van der Waals surface area contributed by atoms with Crippen LogP contribution in [0.2, 0.25) is 0 Å². The molecule has 1 aliphatic rings. The van der Waals surface area contributed by atoms with Gasteiger partial charge in [-0.2, -0.15) is 0 Å². The minimum atomic E-state index is -0.627. The summed E-state index contributed by atoms with van der Waals surface area (Å²) in [7, 11) is 1.53. The summed E-state index contributed by atoms with van der Waals surface area (Å²) in [6.45, 7) is 7.35. The largest absolute Gasteiger partial charge is 0.493 e. The summed E-state index contributed by atoms with van der Waals surface area (Å²) in [5.74, 6) is 2.96. The zero-order valence-electron chi connectivity index (χ0n) is 16.4. The molecule has 1 atom stereocenters. The molecular formula is C20H23BrN2O4S. The van der Waals surface area contributed by atoms with E-state index < -0.39 is 17.6 Å². The number of ether oxygens (including phenoxy) is 3. The summed E-state index contributed by atoms with van der Waals surface area (Å²) < 4.78 is 17.2. The molecule has 0 amide bonds. The first-order chi connectivity index (χ1) is 13.1. The van der Waals surface area contributed by atoms with Gasteiger partial charge in [-0.15, -0.1) is 6.42 Å². The highest BCUT2D eigenvalue weighted by Crippen LogP contribution is 2.40. The van der Waals surface area contributed by atoms with Gasteiger partial charge < -0.3 is 24.8 Å². The van der Waals surface area contributed by atoms with Gasteiger partial charge in [-0.1, -0.05) is 5.92 Å². The van der Waals surface area contributed by atoms with E-state index >= 15 is 0 Å². The molecule has 1 aromatic carbocycles. The highest BCUT2D eigenvalue weighted by molar-refractivity contribution is 9.10. The molecule has 2 rings (SSSR count). The van der Waals surface area contributed by atoms with Gasteiger partial charge in [-0.3, -0.25) is 0 Å². The molecule has 1 aliphatic heterocycles. The summed E-state index contributed by atoms with van der Waals surface area (Å²) >= 11 is 8.78. The molecule has 0 aliphatic carbocycles. The van der Waals surface area contributed by atoms with Gasteiger partial charge in [0.05, 0.1) is 23.2 Å². The van der Waals surface area contributed by atoms with Crippen LogP contribution in [-0.2, 0) is 9.53 Å². The van der Waals surface area contributed by atoms with Crippen LogP contribution in [-0.4, -0.2) is 30.4 Å². The zero-order chi connectivity index (χ0) is 21.1. The first kappa shape index (κ1) is 22.1. The molecule has 28 heavy (non-hydrogen) atoms. The Kier molecular flexibility index (Phi) is 6.96. The third kappa shape index (κ3) is 5.18. The first-order valence-corrected chi connectivity index (χ1v) is 9.72. The van der Waals surface area contributed by atoms with E-state index in [0.717, 1.165) is 5.56 Å². The molecule has 0 unspecified atom stereocenters. The third-order valence-corrected chi connectivity index (χ3v) is 4.58. The van der Waals surface area contributed by atoms with Gasteiger partial charge in [0.15, 0.2) is 16.6 Å². The van der Waals surface area contributed by atoms with E-state index in [2.05, 4.69) is 32.5 Å². The fraction of sp³-hybridized carbons (Fsp3) is 0.400. The maximum Gasteiger partial charge on any atom is 0.338 e. The molecular weight excluding hydrogens is 444 g/mol. The molecule has 8 heteroatoms. The number of carbonyl (C=O) groups excluding carboxylic acids is 1. The van der Waals surface area contributed by atoms with Crippen LogP contribution < -0.4 is 20.1 Å². The van der Waals surface area contributed by atoms with Crippen LogP contribution in [0.25, 0.3) is 0 Å². The Morgan fingerprint density at radius 2 is 2.07 bits per heavy atom. The predicted molar refractivity (Wildman–Crippen MR) is 115 cm³/mol. The highest BCUT2D eigenvalue weighted by Gasteiger charge is 2.33.